The van der Waals surface area contributed by atoms with Gasteiger partial charge in [-0.25, -0.2) is 0 Å². The summed E-state index contributed by atoms with van der Waals surface area (Å²) in [5.41, 5.74) is 0. The molecule has 1 unspecified atom stereocenters. The van der Waals surface area contributed by atoms with Gasteiger partial charge in [-0.3, -0.25) is 4.79 Å². The molecular formula is C13H22F3NOS. The third kappa shape index (κ3) is 9.87. The van der Waals surface area contributed by atoms with E-state index in [2.05, 4.69) is 0 Å². The van der Waals surface area contributed by atoms with Crippen LogP contribution in [0.1, 0.15) is 40.0 Å². The summed E-state index contributed by atoms with van der Waals surface area (Å²) < 4.78 is 36.2. The summed E-state index contributed by atoms with van der Waals surface area (Å²) in [5, 5.41) is 1.93. The number of carbonyl (C=O) groups is 1. The first-order chi connectivity index (χ1) is 8.80. The smallest absolute Gasteiger partial charge is 0.342 e. The van der Waals surface area contributed by atoms with Crippen molar-refractivity contribution in [2.75, 3.05) is 12.3 Å². The zero-order valence-corrected chi connectivity index (χ0v) is 12.5. The Morgan fingerprint density at radius 3 is 2.47 bits per heavy atom. The van der Waals surface area contributed by atoms with Crippen LogP contribution in [0.15, 0.2) is 11.0 Å². The maximum Gasteiger partial charge on any atom is 0.405 e. The van der Waals surface area contributed by atoms with Crippen LogP contribution in [0.4, 0.5) is 13.2 Å². The standard InChI is InChI=1S/C13H22F3NOS/c1-4-6-7-19-11(8-10(3)5-2)12(18)17-9-13(14,15)16/h8,10H,4-7,9H2,1-3H3,(H,17,18)/b11-8-. The van der Waals surface area contributed by atoms with Crippen molar-refractivity contribution in [3.63, 3.8) is 0 Å². The average Bonchev–Trinajstić information content (AvgIpc) is 2.33. The van der Waals surface area contributed by atoms with E-state index in [0.29, 0.717) is 4.91 Å². The van der Waals surface area contributed by atoms with Gasteiger partial charge in [0.05, 0.1) is 4.91 Å². The number of amides is 1. The molecule has 0 aromatic carbocycles. The summed E-state index contributed by atoms with van der Waals surface area (Å²) in [5.74, 6) is 0.303. The highest BCUT2D eigenvalue weighted by molar-refractivity contribution is 8.03. The van der Waals surface area contributed by atoms with Crippen LogP contribution >= 0.6 is 11.8 Å². The molecule has 0 spiro atoms. The second kappa shape index (κ2) is 9.28. The molecule has 0 aliphatic heterocycles. The van der Waals surface area contributed by atoms with Crippen LogP contribution in [-0.2, 0) is 4.79 Å². The largest absolute Gasteiger partial charge is 0.405 e. The van der Waals surface area contributed by atoms with Gasteiger partial charge in [-0.15, -0.1) is 11.8 Å². The van der Waals surface area contributed by atoms with Crippen molar-refractivity contribution in [3.05, 3.63) is 11.0 Å². The Morgan fingerprint density at radius 2 is 2.00 bits per heavy atom. The molecule has 0 aromatic heterocycles. The first-order valence-corrected chi connectivity index (χ1v) is 7.48. The van der Waals surface area contributed by atoms with Crippen LogP contribution in [0.3, 0.4) is 0 Å². The third-order valence-corrected chi connectivity index (χ3v) is 3.63. The minimum absolute atomic E-state index is 0.181. The average molecular weight is 297 g/mol. The Bertz CT molecular complexity index is 303. The van der Waals surface area contributed by atoms with Crippen molar-refractivity contribution in [2.24, 2.45) is 5.92 Å². The summed E-state index contributed by atoms with van der Waals surface area (Å²) in [4.78, 5) is 12.1. The molecule has 0 heterocycles. The molecule has 0 aliphatic carbocycles. The number of unbranched alkanes of at least 4 members (excludes halogenated alkanes) is 1. The number of carbonyl (C=O) groups excluding carboxylic acids is 1. The van der Waals surface area contributed by atoms with Crippen molar-refractivity contribution in [3.8, 4) is 0 Å². The topological polar surface area (TPSA) is 29.1 Å². The van der Waals surface area contributed by atoms with Crippen LogP contribution in [0.25, 0.3) is 0 Å². The van der Waals surface area contributed by atoms with Crippen LogP contribution in [0.5, 0.6) is 0 Å². The lowest BCUT2D eigenvalue weighted by molar-refractivity contribution is -0.135. The molecule has 0 aliphatic rings. The molecule has 1 N–H and O–H groups in total. The lowest BCUT2D eigenvalue weighted by atomic mass is 10.1. The molecule has 1 atom stereocenters. The minimum Gasteiger partial charge on any atom is -0.342 e. The van der Waals surface area contributed by atoms with Gasteiger partial charge in [-0.05, 0) is 18.1 Å². The number of hydrogen-bond acceptors (Lipinski definition) is 2. The summed E-state index contributed by atoms with van der Waals surface area (Å²) in [6, 6.07) is 0. The van der Waals surface area contributed by atoms with E-state index in [1.165, 1.54) is 11.8 Å². The molecule has 2 nitrogen and oxygen atoms in total. The van der Waals surface area contributed by atoms with Gasteiger partial charge in [0.2, 0.25) is 0 Å². The minimum atomic E-state index is -4.37. The van der Waals surface area contributed by atoms with E-state index >= 15 is 0 Å². The van der Waals surface area contributed by atoms with E-state index in [1.807, 2.05) is 26.1 Å². The number of alkyl halides is 3. The molecule has 0 aromatic rings. The fourth-order valence-corrected chi connectivity index (χ4v) is 2.34. The van der Waals surface area contributed by atoms with E-state index in [9.17, 15) is 18.0 Å². The first-order valence-electron chi connectivity index (χ1n) is 6.49. The number of halogens is 3. The molecule has 0 saturated carbocycles. The van der Waals surface area contributed by atoms with Gasteiger partial charge in [0.25, 0.3) is 5.91 Å². The second-order valence-electron chi connectivity index (χ2n) is 4.42. The van der Waals surface area contributed by atoms with E-state index in [0.717, 1.165) is 25.0 Å². The Morgan fingerprint density at radius 1 is 1.37 bits per heavy atom. The van der Waals surface area contributed by atoms with Crippen molar-refractivity contribution in [1.29, 1.82) is 0 Å². The molecule has 0 fully saturated rings. The summed E-state index contributed by atoms with van der Waals surface area (Å²) >= 11 is 1.33. The van der Waals surface area contributed by atoms with Crippen molar-refractivity contribution in [2.45, 2.75) is 46.2 Å². The Kier molecular flexibility index (Phi) is 8.97. The zero-order valence-electron chi connectivity index (χ0n) is 11.6. The fourth-order valence-electron chi connectivity index (χ4n) is 1.16. The molecule has 0 rings (SSSR count). The van der Waals surface area contributed by atoms with Gasteiger partial charge in [0, 0.05) is 0 Å². The lowest BCUT2D eigenvalue weighted by Crippen LogP contribution is -2.34. The van der Waals surface area contributed by atoms with Gasteiger partial charge in [-0.1, -0.05) is 39.7 Å². The molecule has 6 heteroatoms. The van der Waals surface area contributed by atoms with Crippen molar-refractivity contribution in [1.82, 2.24) is 5.32 Å². The van der Waals surface area contributed by atoms with Crippen LogP contribution in [-0.4, -0.2) is 24.4 Å². The van der Waals surface area contributed by atoms with Crippen molar-refractivity contribution >= 4 is 17.7 Å². The highest BCUT2D eigenvalue weighted by atomic mass is 32.2. The molecule has 0 bridgehead atoms. The summed E-state index contributed by atoms with van der Waals surface area (Å²) in [6.07, 6.45) is 0.171. The Labute approximate surface area is 117 Å². The van der Waals surface area contributed by atoms with Gasteiger partial charge >= 0.3 is 6.18 Å². The van der Waals surface area contributed by atoms with Gasteiger partial charge < -0.3 is 5.32 Å². The monoisotopic (exact) mass is 297 g/mol. The van der Waals surface area contributed by atoms with E-state index in [1.54, 1.807) is 6.08 Å². The molecule has 19 heavy (non-hydrogen) atoms. The highest BCUT2D eigenvalue weighted by Crippen LogP contribution is 2.21. The zero-order chi connectivity index (χ0) is 14.9. The van der Waals surface area contributed by atoms with Gasteiger partial charge in [-0.2, -0.15) is 13.2 Å². The Balaban J connectivity index is 4.54. The van der Waals surface area contributed by atoms with E-state index in [-0.39, 0.29) is 5.92 Å². The first kappa shape index (κ1) is 18.4. The van der Waals surface area contributed by atoms with Crippen LogP contribution in [0.2, 0.25) is 0 Å². The molecule has 112 valence electrons. The summed E-state index contributed by atoms with van der Waals surface area (Å²) in [7, 11) is 0. The normalized spacial score (nSPS) is 14.3. The van der Waals surface area contributed by atoms with E-state index < -0.39 is 18.6 Å². The number of hydrogen-bond donors (Lipinski definition) is 1. The third-order valence-electron chi connectivity index (χ3n) is 2.51. The maximum atomic E-state index is 12.1. The molecule has 0 saturated heterocycles. The maximum absolute atomic E-state index is 12.1. The SMILES string of the molecule is CCCCS/C(=C\C(C)CC)C(=O)NCC(F)(F)F. The second-order valence-corrected chi connectivity index (χ2v) is 5.55. The quantitative estimate of drug-likeness (QED) is 0.539. The van der Waals surface area contributed by atoms with E-state index in [4.69, 9.17) is 0 Å². The van der Waals surface area contributed by atoms with Crippen molar-refractivity contribution < 1.29 is 18.0 Å². The number of thioether (sulfide) groups is 1. The highest BCUT2D eigenvalue weighted by Gasteiger charge is 2.28. The van der Waals surface area contributed by atoms with Crippen LogP contribution < -0.4 is 5.32 Å². The predicted molar refractivity (Wildman–Crippen MR) is 74.0 cm³/mol. The summed E-state index contributed by atoms with van der Waals surface area (Å²) in [6.45, 7) is 4.67. The molecule has 1 amide bonds. The predicted octanol–water partition coefficient (Wildman–Crippen LogP) is 4.13. The molecule has 0 radical (unpaired) electrons. The van der Waals surface area contributed by atoms with Gasteiger partial charge in [0.1, 0.15) is 6.54 Å². The number of rotatable bonds is 8. The number of nitrogens with one attached hydrogen (secondary N) is 1. The number of allylic oxidation sites excluding steroid dienone is 1. The van der Waals surface area contributed by atoms with Crippen LogP contribution in [0, 0.1) is 5.92 Å². The van der Waals surface area contributed by atoms with Gasteiger partial charge in [0.15, 0.2) is 0 Å². The molecular weight excluding hydrogens is 275 g/mol. The lowest BCUT2D eigenvalue weighted by Gasteiger charge is -2.12. The Hall–Kier alpha value is -0.650. The fraction of sp³-hybridized carbons (Fsp3) is 0.769.